The number of rotatable bonds is 1. The molecule has 1 unspecified atom stereocenters. The largest absolute Gasteiger partial charge is 0.465 e. The highest BCUT2D eigenvalue weighted by atomic mass is 16.4. The molecule has 1 atom stereocenters. The van der Waals surface area contributed by atoms with Crippen molar-refractivity contribution in [1.29, 1.82) is 5.26 Å². The summed E-state index contributed by atoms with van der Waals surface area (Å²) in [4.78, 5) is 10.5. The molecule has 16 heavy (non-hydrogen) atoms. The van der Waals surface area contributed by atoms with E-state index in [1.165, 1.54) is 0 Å². The predicted molar refractivity (Wildman–Crippen MR) is 58.3 cm³/mol. The van der Waals surface area contributed by atoms with Gasteiger partial charge in [-0.15, -0.1) is 0 Å². The molecule has 82 valence electrons. The average molecular weight is 217 g/mol. The lowest BCUT2D eigenvalue weighted by Gasteiger charge is -2.26. The maximum Gasteiger partial charge on any atom is 0.404 e. The molecular weight excluding hydrogens is 206 g/mol. The summed E-state index contributed by atoms with van der Waals surface area (Å²) >= 11 is 0. The Morgan fingerprint density at radius 1 is 1.62 bits per heavy atom. The Hall–Kier alpha value is -2.22. The third-order valence-corrected chi connectivity index (χ3v) is 2.57. The molecule has 1 heterocycles. The van der Waals surface area contributed by atoms with Gasteiger partial charge in [-0.1, -0.05) is 0 Å². The quantitative estimate of drug-likeness (QED) is 0.659. The lowest BCUT2D eigenvalue weighted by Crippen LogP contribution is -2.42. The number of anilines is 1. The van der Waals surface area contributed by atoms with Crippen LogP contribution in [0.2, 0.25) is 0 Å². The molecule has 0 saturated heterocycles. The molecule has 0 spiro atoms. The minimum absolute atomic E-state index is 0.140. The van der Waals surface area contributed by atoms with Crippen LogP contribution in [0.4, 0.5) is 10.5 Å². The molecule has 1 aromatic carbocycles. The number of amides is 1. The number of carboxylic acid groups (broad SMARTS) is 1. The monoisotopic (exact) mass is 217 g/mol. The van der Waals surface area contributed by atoms with Gasteiger partial charge < -0.3 is 15.7 Å². The first kappa shape index (κ1) is 10.3. The molecule has 3 N–H and O–H groups in total. The normalized spacial score (nSPS) is 17.8. The Morgan fingerprint density at radius 3 is 3.12 bits per heavy atom. The number of fused-ring (bicyclic) bond motifs is 1. The first-order valence-electron chi connectivity index (χ1n) is 4.95. The minimum atomic E-state index is -1.02. The van der Waals surface area contributed by atoms with Gasteiger partial charge in [0.15, 0.2) is 0 Å². The molecule has 5 nitrogen and oxygen atoms in total. The number of benzene rings is 1. The lowest BCUT2D eigenvalue weighted by atomic mass is 9.98. The molecule has 1 aliphatic rings. The number of nitriles is 1. The van der Waals surface area contributed by atoms with Gasteiger partial charge in [-0.3, -0.25) is 0 Å². The fourth-order valence-corrected chi connectivity index (χ4v) is 1.85. The Kier molecular flexibility index (Phi) is 2.64. The number of hydrogen-bond acceptors (Lipinski definition) is 3. The van der Waals surface area contributed by atoms with E-state index in [1.807, 2.05) is 6.07 Å². The fourth-order valence-electron chi connectivity index (χ4n) is 1.85. The van der Waals surface area contributed by atoms with Crippen molar-refractivity contribution in [3.05, 3.63) is 29.3 Å². The molecule has 0 aliphatic carbocycles. The molecule has 0 bridgehead atoms. The Morgan fingerprint density at radius 2 is 2.44 bits per heavy atom. The SMILES string of the molecule is N#Cc1ccc2c(c1)CC(NC(=O)O)CN2. The van der Waals surface area contributed by atoms with Crippen LogP contribution in [0.25, 0.3) is 0 Å². The van der Waals surface area contributed by atoms with Crippen LogP contribution in [-0.4, -0.2) is 23.8 Å². The van der Waals surface area contributed by atoms with E-state index in [-0.39, 0.29) is 6.04 Å². The maximum absolute atomic E-state index is 10.5. The highest BCUT2D eigenvalue weighted by molar-refractivity contribution is 5.66. The van der Waals surface area contributed by atoms with E-state index in [4.69, 9.17) is 10.4 Å². The lowest BCUT2D eigenvalue weighted by molar-refractivity contribution is 0.190. The second kappa shape index (κ2) is 4.11. The summed E-state index contributed by atoms with van der Waals surface area (Å²) in [5, 5.41) is 23.0. The number of hydrogen-bond donors (Lipinski definition) is 3. The minimum Gasteiger partial charge on any atom is -0.465 e. The Bertz CT molecular complexity index is 465. The summed E-state index contributed by atoms with van der Waals surface area (Å²) in [6.07, 6.45) is -0.406. The van der Waals surface area contributed by atoms with Crippen LogP contribution < -0.4 is 10.6 Å². The summed E-state index contributed by atoms with van der Waals surface area (Å²) in [6, 6.07) is 7.32. The third-order valence-electron chi connectivity index (χ3n) is 2.57. The molecule has 1 amide bonds. The maximum atomic E-state index is 10.5. The zero-order valence-electron chi connectivity index (χ0n) is 8.53. The van der Waals surface area contributed by atoms with Gasteiger partial charge in [0.25, 0.3) is 0 Å². The molecule has 2 rings (SSSR count). The first-order valence-corrected chi connectivity index (χ1v) is 4.95. The van der Waals surface area contributed by atoms with Crippen molar-refractivity contribution in [2.24, 2.45) is 0 Å². The van der Waals surface area contributed by atoms with E-state index in [1.54, 1.807) is 12.1 Å². The predicted octanol–water partition coefficient (Wildman–Crippen LogP) is 1.16. The van der Waals surface area contributed by atoms with Gasteiger partial charge in [0.2, 0.25) is 0 Å². The molecule has 1 aromatic rings. The van der Waals surface area contributed by atoms with Crippen LogP contribution in [0.15, 0.2) is 18.2 Å². The molecule has 0 fully saturated rings. The van der Waals surface area contributed by atoms with Crippen molar-refractivity contribution >= 4 is 11.8 Å². The standard InChI is InChI=1S/C11H11N3O2/c12-5-7-1-2-10-8(3-7)4-9(6-13-10)14-11(15)16/h1-3,9,13-14H,4,6H2,(H,15,16). The molecule has 0 saturated carbocycles. The van der Waals surface area contributed by atoms with Gasteiger partial charge in [0, 0.05) is 12.2 Å². The number of nitrogens with zero attached hydrogens (tertiary/aromatic N) is 1. The fraction of sp³-hybridized carbons (Fsp3) is 0.273. The summed E-state index contributed by atoms with van der Waals surface area (Å²) < 4.78 is 0. The summed E-state index contributed by atoms with van der Waals surface area (Å²) in [7, 11) is 0. The smallest absolute Gasteiger partial charge is 0.404 e. The summed E-state index contributed by atoms with van der Waals surface area (Å²) in [5.74, 6) is 0. The Balaban J connectivity index is 2.19. The van der Waals surface area contributed by atoms with Crippen molar-refractivity contribution in [2.45, 2.75) is 12.5 Å². The van der Waals surface area contributed by atoms with Gasteiger partial charge in [-0.25, -0.2) is 4.79 Å². The summed E-state index contributed by atoms with van der Waals surface area (Å²) in [5.41, 5.74) is 2.54. The summed E-state index contributed by atoms with van der Waals surface area (Å²) in [6.45, 7) is 0.575. The van der Waals surface area contributed by atoms with Gasteiger partial charge >= 0.3 is 6.09 Å². The Labute approximate surface area is 92.7 Å². The van der Waals surface area contributed by atoms with E-state index in [0.29, 0.717) is 18.5 Å². The van der Waals surface area contributed by atoms with Gasteiger partial charge in [0.1, 0.15) is 0 Å². The highest BCUT2D eigenvalue weighted by Crippen LogP contribution is 2.22. The zero-order chi connectivity index (χ0) is 11.5. The zero-order valence-corrected chi connectivity index (χ0v) is 8.53. The van der Waals surface area contributed by atoms with Crippen molar-refractivity contribution in [1.82, 2.24) is 5.32 Å². The molecule has 5 heteroatoms. The average Bonchev–Trinajstić information content (AvgIpc) is 2.27. The molecule has 1 aliphatic heterocycles. The molecule has 0 aromatic heterocycles. The van der Waals surface area contributed by atoms with Crippen LogP contribution >= 0.6 is 0 Å². The second-order valence-electron chi connectivity index (χ2n) is 3.72. The van der Waals surface area contributed by atoms with E-state index >= 15 is 0 Å². The number of carbonyl (C=O) groups is 1. The molecule has 0 radical (unpaired) electrons. The molecular formula is C11H11N3O2. The van der Waals surface area contributed by atoms with Gasteiger partial charge in [-0.2, -0.15) is 5.26 Å². The van der Waals surface area contributed by atoms with E-state index < -0.39 is 6.09 Å². The van der Waals surface area contributed by atoms with E-state index in [2.05, 4.69) is 16.7 Å². The van der Waals surface area contributed by atoms with Crippen molar-refractivity contribution in [3.8, 4) is 6.07 Å². The third kappa shape index (κ3) is 2.06. The van der Waals surface area contributed by atoms with Crippen LogP contribution in [0.3, 0.4) is 0 Å². The van der Waals surface area contributed by atoms with Crippen molar-refractivity contribution < 1.29 is 9.90 Å². The van der Waals surface area contributed by atoms with Crippen LogP contribution in [-0.2, 0) is 6.42 Å². The number of nitrogens with one attached hydrogen (secondary N) is 2. The van der Waals surface area contributed by atoms with Crippen LogP contribution in [0.1, 0.15) is 11.1 Å². The van der Waals surface area contributed by atoms with Crippen molar-refractivity contribution in [3.63, 3.8) is 0 Å². The van der Waals surface area contributed by atoms with Gasteiger partial charge in [-0.05, 0) is 30.2 Å². The van der Waals surface area contributed by atoms with Crippen LogP contribution in [0.5, 0.6) is 0 Å². The van der Waals surface area contributed by atoms with Gasteiger partial charge in [0.05, 0.1) is 17.7 Å². The van der Waals surface area contributed by atoms with Crippen LogP contribution in [0, 0.1) is 11.3 Å². The topological polar surface area (TPSA) is 85.2 Å². The second-order valence-corrected chi connectivity index (χ2v) is 3.72. The first-order chi connectivity index (χ1) is 7.69. The van der Waals surface area contributed by atoms with Crippen molar-refractivity contribution in [2.75, 3.05) is 11.9 Å². The highest BCUT2D eigenvalue weighted by Gasteiger charge is 2.19. The van der Waals surface area contributed by atoms with E-state index in [9.17, 15) is 4.79 Å². The van der Waals surface area contributed by atoms with E-state index in [0.717, 1.165) is 11.3 Å².